The molecular formula is C25H21F2N5O2S. The molecule has 0 bridgehead atoms. The van der Waals surface area contributed by atoms with Gasteiger partial charge in [-0.3, -0.25) is 4.57 Å². The molecule has 0 saturated heterocycles. The molecule has 0 radical (unpaired) electrons. The number of fused-ring (bicyclic) bond motifs is 1. The van der Waals surface area contributed by atoms with Gasteiger partial charge in [0.1, 0.15) is 22.9 Å². The number of nitrogens with zero attached hydrogens (tertiary/aromatic N) is 4. The van der Waals surface area contributed by atoms with E-state index in [1.165, 1.54) is 33.4 Å². The highest BCUT2D eigenvalue weighted by atomic mass is 32.1. The number of halogens is 2. The molecule has 0 atom stereocenters. The van der Waals surface area contributed by atoms with E-state index in [4.69, 9.17) is 4.74 Å². The zero-order valence-electron chi connectivity index (χ0n) is 18.7. The third-order valence-corrected chi connectivity index (χ3v) is 6.54. The number of anilines is 1. The van der Waals surface area contributed by atoms with Gasteiger partial charge in [0.15, 0.2) is 5.65 Å². The summed E-state index contributed by atoms with van der Waals surface area (Å²) in [5.41, 5.74) is 0.464. The van der Waals surface area contributed by atoms with Crippen molar-refractivity contribution in [3.05, 3.63) is 98.7 Å². The highest BCUT2D eigenvalue weighted by Gasteiger charge is 2.20. The van der Waals surface area contributed by atoms with Crippen LogP contribution in [-0.2, 0) is 13.0 Å². The summed E-state index contributed by atoms with van der Waals surface area (Å²) in [6, 6.07) is 14.6. The average molecular weight is 494 g/mol. The predicted octanol–water partition coefficient (Wildman–Crippen LogP) is 4.63. The van der Waals surface area contributed by atoms with Crippen molar-refractivity contribution < 1.29 is 13.5 Å². The summed E-state index contributed by atoms with van der Waals surface area (Å²) in [6.07, 6.45) is 2.29. The molecule has 35 heavy (non-hydrogen) atoms. The average Bonchev–Trinajstić information content (AvgIpc) is 3.47. The van der Waals surface area contributed by atoms with Gasteiger partial charge < -0.3 is 10.1 Å². The minimum Gasteiger partial charge on any atom is -0.497 e. The van der Waals surface area contributed by atoms with Crippen LogP contribution in [0.15, 0.2) is 71.0 Å². The van der Waals surface area contributed by atoms with Crippen LogP contribution in [0, 0.1) is 11.6 Å². The zero-order valence-corrected chi connectivity index (χ0v) is 19.6. The maximum Gasteiger partial charge on any atom is 0.335 e. The summed E-state index contributed by atoms with van der Waals surface area (Å²) in [6.45, 7) is 0.301. The number of benzene rings is 2. The first-order valence-corrected chi connectivity index (χ1v) is 11.7. The number of hydrogen-bond acceptors (Lipinski definition) is 6. The third-order valence-electron chi connectivity index (χ3n) is 5.60. The first-order chi connectivity index (χ1) is 17.0. The number of hydrogen-bond donors (Lipinski definition) is 1. The largest absolute Gasteiger partial charge is 0.497 e. The van der Waals surface area contributed by atoms with Crippen molar-refractivity contribution in [1.82, 2.24) is 19.1 Å². The Morgan fingerprint density at radius 1 is 1.09 bits per heavy atom. The Morgan fingerprint density at radius 3 is 2.63 bits per heavy atom. The van der Waals surface area contributed by atoms with Crippen molar-refractivity contribution >= 4 is 28.4 Å². The van der Waals surface area contributed by atoms with E-state index in [1.54, 1.807) is 35.6 Å². The summed E-state index contributed by atoms with van der Waals surface area (Å²) < 4.78 is 36.8. The molecule has 0 aliphatic carbocycles. The number of imidazole rings is 1. The Balaban J connectivity index is 1.60. The van der Waals surface area contributed by atoms with Gasteiger partial charge in [0.25, 0.3) is 0 Å². The lowest BCUT2D eigenvalue weighted by molar-refractivity contribution is 0.414. The monoisotopic (exact) mass is 493 g/mol. The molecule has 5 rings (SSSR count). The summed E-state index contributed by atoms with van der Waals surface area (Å²) in [7, 11) is 1.53. The standard InChI is InChI=1S/C25H21F2N5O2S/c1-34-17-6-2-5-16(13-17)32-23-22(14-29-24(30-23)28-11-10-18-7-4-12-35-18)31(25(32)33)15-19-20(26)8-3-9-21(19)27/h2-9,12-14H,10-11,15H2,1H3,(H,28,29,30). The molecular weight excluding hydrogens is 472 g/mol. The van der Waals surface area contributed by atoms with Crippen molar-refractivity contribution in [3.63, 3.8) is 0 Å². The second-order valence-electron chi connectivity index (χ2n) is 7.76. The van der Waals surface area contributed by atoms with Crippen molar-refractivity contribution in [2.24, 2.45) is 0 Å². The molecule has 0 aliphatic heterocycles. The van der Waals surface area contributed by atoms with Crippen LogP contribution in [0.1, 0.15) is 10.4 Å². The number of aromatic nitrogens is 4. The first-order valence-electron chi connectivity index (χ1n) is 10.9. The van der Waals surface area contributed by atoms with E-state index in [0.717, 1.165) is 18.6 Å². The fraction of sp³-hybridized carbons (Fsp3) is 0.160. The van der Waals surface area contributed by atoms with E-state index in [9.17, 15) is 13.6 Å². The fourth-order valence-electron chi connectivity index (χ4n) is 3.85. The molecule has 0 unspecified atom stereocenters. The van der Waals surface area contributed by atoms with Crippen molar-refractivity contribution in [1.29, 1.82) is 0 Å². The second kappa shape index (κ2) is 9.67. The predicted molar refractivity (Wildman–Crippen MR) is 132 cm³/mol. The molecule has 10 heteroatoms. The Kier molecular flexibility index (Phi) is 6.28. The van der Waals surface area contributed by atoms with Gasteiger partial charge in [0.2, 0.25) is 5.95 Å². The van der Waals surface area contributed by atoms with Crippen LogP contribution >= 0.6 is 11.3 Å². The van der Waals surface area contributed by atoms with Crippen molar-refractivity contribution in [2.75, 3.05) is 19.0 Å². The van der Waals surface area contributed by atoms with Crippen LogP contribution in [0.2, 0.25) is 0 Å². The van der Waals surface area contributed by atoms with Gasteiger partial charge in [-0.25, -0.2) is 23.1 Å². The number of ether oxygens (including phenoxy) is 1. The van der Waals surface area contributed by atoms with Gasteiger partial charge in [-0.05, 0) is 42.1 Å². The molecule has 0 saturated carbocycles. The van der Waals surface area contributed by atoms with Crippen LogP contribution in [0.4, 0.5) is 14.7 Å². The van der Waals surface area contributed by atoms with Gasteiger partial charge in [-0.2, -0.15) is 4.98 Å². The maximum atomic E-state index is 14.4. The molecule has 3 heterocycles. The summed E-state index contributed by atoms with van der Waals surface area (Å²) in [4.78, 5) is 23.7. The van der Waals surface area contributed by atoms with Gasteiger partial charge in [0, 0.05) is 23.1 Å². The van der Waals surface area contributed by atoms with Gasteiger partial charge in [-0.15, -0.1) is 11.3 Å². The molecule has 7 nitrogen and oxygen atoms in total. The number of rotatable bonds is 8. The van der Waals surface area contributed by atoms with E-state index in [2.05, 4.69) is 21.4 Å². The van der Waals surface area contributed by atoms with Crippen LogP contribution in [-0.4, -0.2) is 32.8 Å². The van der Waals surface area contributed by atoms with Crippen molar-refractivity contribution in [2.45, 2.75) is 13.0 Å². The zero-order chi connectivity index (χ0) is 24.4. The molecule has 0 amide bonds. The molecule has 0 spiro atoms. The topological polar surface area (TPSA) is 74.0 Å². The van der Waals surface area contributed by atoms with Crippen LogP contribution in [0.3, 0.4) is 0 Å². The molecule has 178 valence electrons. The van der Waals surface area contributed by atoms with E-state index in [-0.39, 0.29) is 12.1 Å². The highest BCUT2D eigenvalue weighted by Crippen LogP contribution is 2.22. The molecule has 0 aliphatic rings. The Bertz CT molecular complexity index is 1530. The molecule has 5 aromatic rings. The van der Waals surface area contributed by atoms with Gasteiger partial charge in [-0.1, -0.05) is 18.2 Å². The number of thiophene rings is 1. The second-order valence-corrected chi connectivity index (χ2v) is 8.80. The minimum absolute atomic E-state index is 0.211. The van der Waals surface area contributed by atoms with Crippen LogP contribution in [0.25, 0.3) is 16.9 Å². The maximum absolute atomic E-state index is 14.4. The first kappa shape index (κ1) is 22.7. The normalized spacial score (nSPS) is 11.2. The molecule has 0 fully saturated rings. The molecule has 1 N–H and O–H groups in total. The number of nitrogens with one attached hydrogen (secondary N) is 1. The Morgan fingerprint density at radius 2 is 1.89 bits per heavy atom. The lowest BCUT2D eigenvalue weighted by Crippen LogP contribution is -2.24. The highest BCUT2D eigenvalue weighted by molar-refractivity contribution is 7.09. The van der Waals surface area contributed by atoms with E-state index in [0.29, 0.717) is 35.1 Å². The summed E-state index contributed by atoms with van der Waals surface area (Å²) in [5, 5.41) is 5.21. The lowest BCUT2D eigenvalue weighted by atomic mass is 10.2. The summed E-state index contributed by atoms with van der Waals surface area (Å²) >= 11 is 1.67. The minimum atomic E-state index is -0.730. The Hall–Kier alpha value is -4.05. The van der Waals surface area contributed by atoms with E-state index >= 15 is 0 Å². The van der Waals surface area contributed by atoms with Crippen LogP contribution in [0.5, 0.6) is 5.75 Å². The molecule has 2 aromatic carbocycles. The Labute approximate surface area is 203 Å². The summed E-state index contributed by atoms with van der Waals surface area (Å²) in [5.74, 6) is -0.558. The fourth-order valence-corrected chi connectivity index (χ4v) is 4.56. The SMILES string of the molecule is COc1cccc(-n2c(=O)n(Cc3c(F)cccc3F)c3cnc(NCCc4cccs4)nc32)c1. The third kappa shape index (κ3) is 4.52. The smallest absolute Gasteiger partial charge is 0.335 e. The quantitative estimate of drug-likeness (QED) is 0.341. The van der Waals surface area contributed by atoms with Gasteiger partial charge in [0.05, 0.1) is 25.5 Å². The lowest BCUT2D eigenvalue weighted by Gasteiger charge is -2.07. The van der Waals surface area contributed by atoms with E-state index < -0.39 is 17.3 Å². The number of methoxy groups -OCH3 is 1. The van der Waals surface area contributed by atoms with Gasteiger partial charge >= 0.3 is 5.69 Å². The molecule has 3 aromatic heterocycles. The van der Waals surface area contributed by atoms with Crippen LogP contribution < -0.4 is 15.7 Å². The van der Waals surface area contributed by atoms with E-state index in [1.807, 2.05) is 11.4 Å². The van der Waals surface area contributed by atoms with Crippen molar-refractivity contribution in [3.8, 4) is 11.4 Å².